The van der Waals surface area contributed by atoms with Crippen LogP contribution in [0, 0.1) is 0 Å². The van der Waals surface area contributed by atoms with E-state index in [4.69, 9.17) is 25.5 Å². The van der Waals surface area contributed by atoms with E-state index in [1.807, 2.05) is 74.5 Å². The Morgan fingerprint density at radius 3 is 2.55 bits per heavy atom. The van der Waals surface area contributed by atoms with Gasteiger partial charge in [-0.15, -0.1) is 0 Å². The first-order valence-corrected chi connectivity index (χ1v) is 14.7. The van der Waals surface area contributed by atoms with E-state index in [0.717, 1.165) is 10.5 Å². The largest absolute Gasteiger partial charge is 0.491 e. The monoisotopic (exact) mass is 594 g/mol. The molecule has 3 heterocycles. The van der Waals surface area contributed by atoms with Crippen molar-refractivity contribution < 1.29 is 18.7 Å². The maximum Gasteiger partial charge on any atom is 0.338 e. The minimum absolute atomic E-state index is 0.0208. The molecule has 0 radical (unpaired) electrons. The Labute approximate surface area is 244 Å². The Morgan fingerprint density at radius 2 is 1.88 bits per heavy atom. The van der Waals surface area contributed by atoms with Gasteiger partial charge in [0.15, 0.2) is 9.89 Å². The smallest absolute Gasteiger partial charge is 0.338 e. The molecule has 1 aliphatic heterocycles. The van der Waals surface area contributed by atoms with Crippen LogP contribution in [0.15, 0.2) is 96.1 Å². The lowest BCUT2D eigenvalue weighted by atomic mass is 9.96. The summed E-state index contributed by atoms with van der Waals surface area (Å²) in [5, 5.41) is 1.35. The number of fused-ring (bicyclic) bond motifs is 1. The fraction of sp³-hybridized carbons (Fsp3) is 0.233. The number of hydrogen-bond donors (Lipinski definition) is 0. The Kier molecular flexibility index (Phi) is 8.35. The predicted molar refractivity (Wildman–Crippen MR) is 157 cm³/mol. The molecule has 0 amide bonds. The van der Waals surface area contributed by atoms with Crippen LogP contribution in [0.25, 0.3) is 6.08 Å². The SMILES string of the molecule is CCOC(=O)C1=C(C)N=c2s/c(=C/c3ccc(Sc4ccc(Cl)cc4)o3)c(=O)n2[C@H]1c1ccc(OC(C)C)cc1. The second kappa shape index (κ2) is 11.9. The molecule has 2 aromatic carbocycles. The lowest BCUT2D eigenvalue weighted by molar-refractivity contribution is -0.139. The van der Waals surface area contributed by atoms with Crippen LogP contribution in [0.2, 0.25) is 5.02 Å². The second-order valence-electron chi connectivity index (χ2n) is 9.25. The number of aromatic nitrogens is 1. The van der Waals surface area contributed by atoms with Crippen LogP contribution in [0.3, 0.4) is 0 Å². The molecule has 0 saturated carbocycles. The van der Waals surface area contributed by atoms with E-state index in [9.17, 15) is 9.59 Å². The van der Waals surface area contributed by atoms with Crippen molar-refractivity contribution in [2.45, 2.75) is 49.8 Å². The van der Waals surface area contributed by atoms with E-state index in [2.05, 4.69) is 4.99 Å². The lowest BCUT2D eigenvalue weighted by Crippen LogP contribution is -2.39. The minimum atomic E-state index is -0.696. The number of rotatable bonds is 8. The molecule has 0 aliphatic carbocycles. The number of thiazole rings is 1. The van der Waals surface area contributed by atoms with Gasteiger partial charge in [-0.05, 0) is 81.8 Å². The van der Waals surface area contributed by atoms with Gasteiger partial charge in [-0.3, -0.25) is 9.36 Å². The molecular weight excluding hydrogens is 568 g/mol. The molecule has 0 N–H and O–H groups in total. The first-order valence-electron chi connectivity index (χ1n) is 12.7. The van der Waals surface area contributed by atoms with E-state index in [1.165, 1.54) is 23.1 Å². The number of halogens is 1. The number of carbonyl (C=O) groups is 1. The van der Waals surface area contributed by atoms with Gasteiger partial charge in [-0.25, -0.2) is 9.79 Å². The van der Waals surface area contributed by atoms with E-state index >= 15 is 0 Å². The fourth-order valence-electron chi connectivity index (χ4n) is 4.32. The number of benzene rings is 2. The third kappa shape index (κ3) is 5.96. The third-order valence-corrected chi connectivity index (χ3v) is 8.16. The lowest BCUT2D eigenvalue weighted by Gasteiger charge is -2.25. The molecule has 0 fully saturated rings. The number of allylic oxidation sites excluding steroid dienone is 1. The zero-order chi connectivity index (χ0) is 28.4. The molecule has 5 rings (SSSR count). The maximum absolute atomic E-state index is 13.8. The summed E-state index contributed by atoms with van der Waals surface area (Å²) < 4.78 is 19.1. The van der Waals surface area contributed by atoms with Crippen molar-refractivity contribution in [3.63, 3.8) is 0 Å². The molecule has 206 valence electrons. The van der Waals surface area contributed by atoms with Crippen LogP contribution in [0.1, 0.15) is 45.1 Å². The molecule has 2 aromatic heterocycles. The first kappa shape index (κ1) is 28.0. The van der Waals surface area contributed by atoms with Gasteiger partial charge in [0.1, 0.15) is 11.5 Å². The summed E-state index contributed by atoms with van der Waals surface area (Å²) in [4.78, 5) is 33.0. The van der Waals surface area contributed by atoms with Crippen molar-refractivity contribution in [2.75, 3.05) is 6.61 Å². The van der Waals surface area contributed by atoms with Crippen molar-refractivity contribution in [3.05, 3.63) is 108 Å². The van der Waals surface area contributed by atoms with E-state index < -0.39 is 12.0 Å². The van der Waals surface area contributed by atoms with Crippen LogP contribution in [0.4, 0.5) is 0 Å². The maximum atomic E-state index is 13.8. The molecule has 4 aromatic rings. The quantitative estimate of drug-likeness (QED) is 0.233. The highest BCUT2D eigenvalue weighted by Gasteiger charge is 2.33. The zero-order valence-electron chi connectivity index (χ0n) is 22.3. The summed E-state index contributed by atoms with van der Waals surface area (Å²) >= 11 is 8.69. The standard InChI is InChI=1S/C30H27ClN2O5S2/c1-5-36-29(35)26-18(4)32-30-33(27(26)19-6-10-21(11-7-19)37-17(2)3)28(34)24(40-30)16-22-12-15-25(38-22)39-23-13-8-20(31)9-14-23/h6-17,27H,5H2,1-4H3/b24-16+/t27-/m0/s1. The van der Waals surface area contributed by atoms with Gasteiger partial charge in [-0.1, -0.05) is 46.8 Å². The average Bonchev–Trinajstić information content (AvgIpc) is 3.48. The number of esters is 1. The first-order chi connectivity index (χ1) is 19.2. The van der Waals surface area contributed by atoms with Crippen LogP contribution < -0.4 is 19.6 Å². The summed E-state index contributed by atoms with van der Waals surface area (Å²) in [5.41, 5.74) is 1.33. The summed E-state index contributed by atoms with van der Waals surface area (Å²) in [7, 11) is 0. The molecule has 1 atom stereocenters. The average molecular weight is 595 g/mol. The highest BCUT2D eigenvalue weighted by Crippen LogP contribution is 2.32. The number of nitrogens with zero attached hydrogens (tertiary/aromatic N) is 2. The van der Waals surface area contributed by atoms with Gasteiger partial charge in [0.2, 0.25) is 0 Å². The molecular formula is C30H27ClN2O5S2. The van der Waals surface area contributed by atoms with E-state index in [0.29, 0.717) is 42.2 Å². The molecule has 10 heteroatoms. The van der Waals surface area contributed by atoms with Crippen molar-refractivity contribution >= 4 is 46.7 Å². The van der Waals surface area contributed by atoms with E-state index in [-0.39, 0.29) is 18.3 Å². The van der Waals surface area contributed by atoms with Gasteiger partial charge >= 0.3 is 5.97 Å². The van der Waals surface area contributed by atoms with E-state index in [1.54, 1.807) is 24.5 Å². The zero-order valence-corrected chi connectivity index (χ0v) is 24.7. The number of hydrogen-bond acceptors (Lipinski definition) is 8. The van der Waals surface area contributed by atoms with Crippen molar-refractivity contribution in [3.8, 4) is 5.75 Å². The van der Waals surface area contributed by atoms with Crippen LogP contribution in [-0.4, -0.2) is 23.2 Å². The molecule has 0 spiro atoms. The minimum Gasteiger partial charge on any atom is -0.491 e. The second-order valence-corrected chi connectivity index (χ2v) is 11.8. The van der Waals surface area contributed by atoms with Crippen molar-refractivity contribution in [1.82, 2.24) is 4.57 Å². The summed E-state index contributed by atoms with van der Waals surface area (Å²) in [5.74, 6) is 0.741. The molecule has 40 heavy (non-hydrogen) atoms. The fourth-order valence-corrected chi connectivity index (χ4v) is 6.25. The van der Waals surface area contributed by atoms with Gasteiger partial charge in [0, 0.05) is 16.0 Å². The molecule has 0 bridgehead atoms. The summed E-state index contributed by atoms with van der Waals surface area (Å²) in [6.45, 7) is 7.63. The summed E-state index contributed by atoms with van der Waals surface area (Å²) in [6.07, 6.45) is 1.72. The Hall–Kier alpha value is -3.53. The predicted octanol–water partition coefficient (Wildman–Crippen LogP) is 5.98. The Balaban J connectivity index is 1.55. The van der Waals surface area contributed by atoms with Crippen molar-refractivity contribution in [1.29, 1.82) is 0 Å². The molecule has 0 saturated heterocycles. The van der Waals surface area contributed by atoms with Crippen molar-refractivity contribution in [2.24, 2.45) is 4.99 Å². The molecule has 0 unspecified atom stereocenters. The number of ether oxygens (including phenoxy) is 2. The normalized spacial score (nSPS) is 15.2. The van der Waals surface area contributed by atoms with Gasteiger partial charge in [0.25, 0.3) is 5.56 Å². The topological polar surface area (TPSA) is 83.0 Å². The highest BCUT2D eigenvalue weighted by molar-refractivity contribution is 7.99. The van der Waals surface area contributed by atoms with Crippen LogP contribution in [-0.2, 0) is 9.53 Å². The van der Waals surface area contributed by atoms with Gasteiger partial charge < -0.3 is 13.9 Å². The summed E-state index contributed by atoms with van der Waals surface area (Å²) in [6, 6.07) is 17.9. The molecule has 7 nitrogen and oxygen atoms in total. The van der Waals surface area contributed by atoms with Crippen LogP contribution >= 0.6 is 34.7 Å². The highest BCUT2D eigenvalue weighted by atomic mass is 35.5. The van der Waals surface area contributed by atoms with Crippen LogP contribution in [0.5, 0.6) is 5.75 Å². The Morgan fingerprint density at radius 1 is 1.15 bits per heavy atom. The number of furan rings is 1. The Bertz CT molecular complexity index is 1750. The molecule has 1 aliphatic rings. The van der Waals surface area contributed by atoms with Gasteiger partial charge in [-0.2, -0.15) is 0 Å². The number of carbonyl (C=O) groups excluding carboxylic acids is 1. The third-order valence-electron chi connectivity index (χ3n) is 5.99. The van der Waals surface area contributed by atoms with Gasteiger partial charge in [0.05, 0.1) is 34.6 Å².